The first-order chi connectivity index (χ1) is 5.78. The van der Waals surface area contributed by atoms with Crippen molar-refractivity contribution in [3.05, 3.63) is 0 Å². The molecule has 1 radical (unpaired) electrons. The molecule has 0 amide bonds. The van der Waals surface area contributed by atoms with Crippen LogP contribution in [-0.2, 0) is 52.5 Å². The van der Waals surface area contributed by atoms with Gasteiger partial charge in [0.25, 0.3) is 0 Å². The first-order valence-electron chi connectivity index (χ1n) is 3.17. The molecule has 0 aliphatic heterocycles. The molecule has 4 N–H and O–H groups in total. The SMILES string of the molecule is O=C(O)CC(O)(CC(=O)O)C(=O)O.[Cu].[Mo]. The molecule has 0 aromatic heterocycles. The third-order valence-electron chi connectivity index (χ3n) is 1.29. The van der Waals surface area contributed by atoms with Gasteiger partial charge in [-0.05, 0) is 0 Å². The van der Waals surface area contributed by atoms with E-state index in [1.165, 1.54) is 0 Å². The molecule has 0 aromatic carbocycles. The third-order valence-corrected chi connectivity index (χ3v) is 1.29. The van der Waals surface area contributed by atoms with E-state index < -0.39 is 36.4 Å². The van der Waals surface area contributed by atoms with Crippen LogP contribution in [0.25, 0.3) is 0 Å². The standard InChI is InChI=1S/C6H8O7.Cu.Mo/c7-3(8)1-6(13,5(11)12)2-4(9)10;;/h13H,1-2H2,(H,7,8)(H,9,10)(H,11,12);;. The van der Waals surface area contributed by atoms with Gasteiger partial charge in [-0.15, -0.1) is 0 Å². The predicted molar refractivity (Wildman–Crippen MR) is 37.1 cm³/mol. The van der Waals surface area contributed by atoms with Crippen molar-refractivity contribution in [2.75, 3.05) is 0 Å². The molecule has 0 fully saturated rings. The Hall–Kier alpha value is -0.422. The molecule has 0 bridgehead atoms. The normalized spacial score (nSPS) is 9.40. The smallest absolute Gasteiger partial charge is 0.336 e. The van der Waals surface area contributed by atoms with Gasteiger partial charge in [-0.3, -0.25) is 9.59 Å². The quantitative estimate of drug-likeness (QED) is 0.455. The maximum absolute atomic E-state index is 10.3. The van der Waals surface area contributed by atoms with Crippen LogP contribution in [0.2, 0.25) is 0 Å². The molecule has 7 nitrogen and oxygen atoms in total. The Morgan fingerprint density at radius 2 is 1.20 bits per heavy atom. The van der Waals surface area contributed by atoms with Gasteiger partial charge < -0.3 is 20.4 Å². The summed E-state index contributed by atoms with van der Waals surface area (Å²) in [5.74, 6) is -5.02. The van der Waals surface area contributed by atoms with Gasteiger partial charge >= 0.3 is 17.9 Å². The van der Waals surface area contributed by atoms with Crippen LogP contribution < -0.4 is 0 Å². The minimum atomic E-state index is -2.74. The molecule has 0 aromatic rings. The number of aliphatic hydroxyl groups is 1. The van der Waals surface area contributed by atoms with Crippen LogP contribution >= 0.6 is 0 Å². The number of rotatable bonds is 5. The van der Waals surface area contributed by atoms with Crippen molar-refractivity contribution in [1.82, 2.24) is 0 Å². The van der Waals surface area contributed by atoms with Gasteiger partial charge in [0.15, 0.2) is 5.60 Å². The van der Waals surface area contributed by atoms with Crippen molar-refractivity contribution in [2.24, 2.45) is 0 Å². The van der Waals surface area contributed by atoms with Crippen LogP contribution in [0.4, 0.5) is 0 Å². The van der Waals surface area contributed by atoms with Crippen LogP contribution in [0.1, 0.15) is 12.8 Å². The summed E-state index contributed by atoms with van der Waals surface area (Å²) in [7, 11) is 0. The second-order valence-corrected chi connectivity index (χ2v) is 2.48. The first kappa shape index (κ1) is 20.0. The summed E-state index contributed by atoms with van der Waals surface area (Å²) in [5.41, 5.74) is -2.74. The van der Waals surface area contributed by atoms with Crippen LogP contribution in [0, 0.1) is 0 Å². The van der Waals surface area contributed by atoms with Crippen molar-refractivity contribution in [2.45, 2.75) is 18.4 Å². The Bertz CT molecular complexity index is 238. The van der Waals surface area contributed by atoms with Crippen LogP contribution in [0.5, 0.6) is 0 Å². The minimum absolute atomic E-state index is 0. The Morgan fingerprint density at radius 3 is 1.33 bits per heavy atom. The zero-order chi connectivity index (χ0) is 10.6. The molecule has 0 heterocycles. The van der Waals surface area contributed by atoms with E-state index in [0.717, 1.165) is 0 Å². The van der Waals surface area contributed by atoms with E-state index >= 15 is 0 Å². The minimum Gasteiger partial charge on any atom is -0.481 e. The fraction of sp³-hybridized carbons (Fsp3) is 0.500. The van der Waals surface area contributed by atoms with E-state index in [4.69, 9.17) is 20.4 Å². The van der Waals surface area contributed by atoms with E-state index in [1.807, 2.05) is 0 Å². The van der Waals surface area contributed by atoms with E-state index in [9.17, 15) is 14.4 Å². The molecule has 0 atom stereocenters. The predicted octanol–water partition coefficient (Wildman–Crippen LogP) is -1.25. The Labute approximate surface area is 109 Å². The molecular formula is C6H8CuMoO7. The zero-order valence-corrected chi connectivity index (χ0v) is 10.1. The molecule has 91 valence electrons. The van der Waals surface area contributed by atoms with Crippen molar-refractivity contribution >= 4 is 17.9 Å². The summed E-state index contributed by atoms with van der Waals surface area (Å²) in [6.07, 6.45) is -2.29. The van der Waals surface area contributed by atoms with Crippen molar-refractivity contribution in [3.8, 4) is 0 Å². The molecule has 0 unspecified atom stereocenters. The molecular weight excluding hydrogens is 344 g/mol. The van der Waals surface area contributed by atoms with Crippen molar-refractivity contribution < 1.29 is 72.9 Å². The van der Waals surface area contributed by atoms with Crippen molar-refractivity contribution in [3.63, 3.8) is 0 Å². The molecule has 9 heteroatoms. The maximum Gasteiger partial charge on any atom is 0.336 e. The molecule has 0 aliphatic carbocycles. The number of carboxylic acids is 3. The molecule has 0 saturated heterocycles. The zero-order valence-electron chi connectivity index (χ0n) is 7.14. The molecule has 0 saturated carbocycles. The fourth-order valence-corrected chi connectivity index (χ4v) is 0.714. The fourth-order valence-electron chi connectivity index (χ4n) is 0.714. The number of carboxylic acid groups (broad SMARTS) is 3. The largest absolute Gasteiger partial charge is 0.481 e. The van der Waals surface area contributed by atoms with Gasteiger partial charge in [0.05, 0.1) is 12.8 Å². The molecule has 15 heavy (non-hydrogen) atoms. The van der Waals surface area contributed by atoms with E-state index in [0.29, 0.717) is 0 Å². The van der Waals surface area contributed by atoms with Gasteiger partial charge in [-0.25, -0.2) is 4.79 Å². The number of hydrogen-bond donors (Lipinski definition) is 4. The second-order valence-electron chi connectivity index (χ2n) is 2.48. The van der Waals surface area contributed by atoms with Gasteiger partial charge in [0.2, 0.25) is 0 Å². The molecule has 0 rings (SSSR count). The Kier molecular flexibility index (Phi) is 10.4. The van der Waals surface area contributed by atoms with Crippen LogP contribution in [-0.4, -0.2) is 43.9 Å². The molecule has 0 aliphatic rings. The van der Waals surface area contributed by atoms with E-state index in [-0.39, 0.29) is 38.1 Å². The Morgan fingerprint density at radius 1 is 0.933 bits per heavy atom. The van der Waals surface area contributed by atoms with E-state index in [2.05, 4.69) is 0 Å². The summed E-state index contributed by atoms with van der Waals surface area (Å²) in [6.45, 7) is 0. The summed E-state index contributed by atoms with van der Waals surface area (Å²) in [5, 5.41) is 33.8. The van der Waals surface area contributed by atoms with E-state index in [1.54, 1.807) is 0 Å². The average Bonchev–Trinajstić information content (AvgIpc) is 1.82. The first-order valence-corrected chi connectivity index (χ1v) is 3.17. The van der Waals surface area contributed by atoms with Gasteiger partial charge in [0, 0.05) is 38.1 Å². The summed E-state index contributed by atoms with van der Waals surface area (Å²) >= 11 is 0. The number of hydrogen-bond acceptors (Lipinski definition) is 4. The Balaban J connectivity index is -0.000000720. The van der Waals surface area contributed by atoms with Gasteiger partial charge in [0.1, 0.15) is 0 Å². The summed E-state index contributed by atoms with van der Waals surface area (Å²) in [6, 6.07) is 0. The number of carbonyl (C=O) groups is 3. The van der Waals surface area contributed by atoms with Gasteiger partial charge in [-0.1, -0.05) is 0 Å². The summed E-state index contributed by atoms with van der Waals surface area (Å²) < 4.78 is 0. The van der Waals surface area contributed by atoms with Crippen LogP contribution in [0.3, 0.4) is 0 Å². The summed E-state index contributed by atoms with van der Waals surface area (Å²) in [4.78, 5) is 30.5. The number of aliphatic carboxylic acids is 3. The monoisotopic (exact) mass is 353 g/mol. The third kappa shape index (κ3) is 7.50. The van der Waals surface area contributed by atoms with Gasteiger partial charge in [-0.2, -0.15) is 0 Å². The average molecular weight is 352 g/mol. The van der Waals surface area contributed by atoms with Crippen LogP contribution in [0.15, 0.2) is 0 Å². The second kappa shape index (κ2) is 7.82. The van der Waals surface area contributed by atoms with Crippen molar-refractivity contribution in [1.29, 1.82) is 0 Å². The molecule has 0 spiro atoms. The maximum atomic E-state index is 10.3. The topological polar surface area (TPSA) is 132 Å².